The van der Waals surface area contributed by atoms with Crippen molar-refractivity contribution in [3.63, 3.8) is 0 Å². The minimum Gasteiger partial charge on any atom is -0.390 e. The molecule has 2 atom stereocenters. The highest BCUT2D eigenvalue weighted by Crippen LogP contribution is 2.25. The van der Waals surface area contributed by atoms with Crippen LogP contribution >= 0.6 is 0 Å². The van der Waals surface area contributed by atoms with Crippen molar-refractivity contribution in [3.05, 3.63) is 0 Å². The van der Waals surface area contributed by atoms with Crippen LogP contribution in [0.5, 0.6) is 0 Å². The van der Waals surface area contributed by atoms with Crippen molar-refractivity contribution in [2.45, 2.75) is 58.7 Å². The number of hydrogen-bond acceptors (Lipinski definition) is 2. The molecule has 0 saturated carbocycles. The van der Waals surface area contributed by atoms with E-state index in [0.29, 0.717) is 5.41 Å². The smallest absolute Gasteiger partial charge is 0.0834 e. The van der Waals surface area contributed by atoms with E-state index in [4.69, 9.17) is 4.74 Å². The molecule has 2 unspecified atom stereocenters. The number of aliphatic hydroxyl groups is 1. The van der Waals surface area contributed by atoms with Crippen molar-refractivity contribution >= 4 is 0 Å². The fourth-order valence-corrected chi connectivity index (χ4v) is 1.67. The van der Waals surface area contributed by atoms with Crippen molar-refractivity contribution in [2.24, 2.45) is 5.41 Å². The Balaban J connectivity index is 2.20. The van der Waals surface area contributed by atoms with Crippen molar-refractivity contribution in [1.82, 2.24) is 0 Å². The zero-order valence-corrected chi connectivity index (χ0v) is 9.05. The van der Waals surface area contributed by atoms with E-state index in [9.17, 15) is 5.11 Å². The van der Waals surface area contributed by atoms with E-state index in [1.807, 2.05) is 0 Å². The van der Waals surface area contributed by atoms with Gasteiger partial charge in [0.25, 0.3) is 0 Å². The van der Waals surface area contributed by atoms with Gasteiger partial charge >= 0.3 is 0 Å². The summed E-state index contributed by atoms with van der Waals surface area (Å²) in [5.74, 6) is 0. The summed E-state index contributed by atoms with van der Waals surface area (Å²) in [4.78, 5) is 0. The van der Waals surface area contributed by atoms with Gasteiger partial charge < -0.3 is 9.84 Å². The molecule has 0 radical (unpaired) electrons. The first-order valence-electron chi connectivity index (χ1n) is 5.29. The Bertz CT molecular complexity index is 143. The molecule has 1 heterocycles. The van der Waals surface area contributed by atoms with Crippen LogP contribution in [0.15, 0.2) is 0 Å². The van der Waals surface area contributed by atoms with Gasteiger partial charge in [0.05, 0.1) is 12.2 Å². The second-order valence-corrected chi connectivity index (χ2v) is 5.22. The molecule has 0 amide bonds. The highest BCUT2D eigenvalue weighted by atomic mass is 16.5. The first kappa shape index (κ1) is 11.0. The second-order valence-electron chi connectivity index (χ2n) is 5.22. The van der Waals surface area contributed by atoms with Crippen LogP contribution in [0.4, 0.5) is 0 Å². The minimum atomic E-state index is -0.248. The van der Waals surface area contributed by atoms with Gasteiger partial charge in [-0.25, -0.2) is 0 Å². The summed E-state index contributed by atoms with van der Waals surface area (Å²) in [6.07, 6.45) is 3.94. The van der Waals surface area contributed by atoms with Gasteiger partial charge in [0.15, 0.2) is 0 Å². The van der Waals surface area contributed by atoms with E-state index < -0.39 is 0 Å². The Morgan fingerprint density at radius 3 is 2.62 bits per heavy atom. The van der Waals surface area contributed by atoms with Gasteiger partial charge in [-0.2, -0.15) is 0 Å². The van der Waals surface area contributed by atoms with Crippen molar-refractivity contribution in [3.8, 4) is 0 Å². The molecule has 1 fully saturated rings. The molecule has 0 aliphatic carbocycles. The molecule has 1 aliphatic rings. The van der Waals surface area contributed by atoms with Crippen LogP contribution in [-0.2, 0) is 4.74 Å². The largest absolute Gasteiger partial charge is 0.390 e. The zero-order chi connectivity index (χ0) is 9.90. The topological polar surface area (TPSA) is 29.5 Å². The molecule has 2 heteroatoms. The molecule has 78 valence electrons. The van der Waals surface area contributed by atoms with E-state index in [1.54, 1.807) is 0 Å². The fraction of sp³-hybridized carbons (Fsp3) is 1.00. The maximum absolute atomic E-state index is 9.79. The lowest BCUT2D eigenvalue weighted by molar-refractivity contribution is -0.00990. The highest BCUT2D eigenvalue weighted by molar-refractivity contribution is 4.75. The lowest BCUT2D eigenvalue weighted by atomic mass is 9.88. The summed E-state index contributed by atoms with van der Waals surface area (Å²) < 4.78 is 5.43. The second kappa shape index (κ2) is 4.43. The SMILES string of the molecule is CC(C)(C)CCC(O)C1CCCO1. The summed E-state index contributed by atoms with van der Waals surface area (Å²) in [6, 6.07) is 0. The van der Waals surface area contributed by atoms with Crippen molar-refractivity contribution in [2.75, 3.05) is 6.61 Å². The van der Waals surface area contributed by atoms with Crippen LogP contribution < -0.4 is 0 Å². The zero-order valence-electron chi connectivity index (χ0n) is 9.05. The quantitative estimate of drug-likeness (QED) is 0.733. The Kier molecular flexibility index (Phi) is 3.74. The van der Waals surface area contributed by atoms with E-state index in [0.717, 1.165) is 32.3 Å². The third kappa shape index (κ3) is 4.10. The van der Waals surface area contributed by atoms with Gasteiger partial charge in [0.2, 0.25) is 0 Å². The van der Waals surface area contributed by atoms with Gasteiger partial charge in [-0.05, 0) is 31.1 Å². The molecule has 0 bridgehead atoms. The maximum Gasteiger partial charge on any atom is 0.0834 e. The van der Waals surface area contributed by atoms with Crippen LogP contribution in [0.1, 0.15) is 46.5 Å². The summed E-state index contributed by atoms with van der Waals surface area (Å²) in [5, 5.41) is 9.79. The third-order valence-corrected chi connectivity index (χ3v) is 2.58. The summed E-state index contributed by atoms with van der Waals surface area (Å²) >= 11 is 0. The van der Waals surface area contributed by atoms with Crippen LogP contribution in [0, 0.1) is 5.41 Å². The number of rotatable bonds is 3. The third-order valence-electron chi connectivity index (χ3n) is 2.58. The van der Waals surface area contributed by atoms with E-state index in [-0.39, 0.29) is 12.2 Å². The predicted octanol–water partition coefficient (Wildman–Crippen LogP) is 2.35. The Labute approximate surface area is 81.3 Å². The van der Waals surface area contributed by atoms with Gasteiger partial charge in [-0.15, -0.1) is 0 Å². The highest BCUT2D eigenvalue weighted by Gasteiger charge is 2.25. The predicted molar refractivity (Wildman–Crippen MR) is 53.7 cm³/mol. The Hall–Kier alpha value is -0.0800. The van der Waals surface area contributed by atoms with Crippen LogP contribution in [0.2, 0.25) is 0 Å². The molecule has 2 nitrogen and oxygen atoms in total. The van der Waals surface area contributed by atoms with Gasteiger partial charge in [-0.1, -0.05) is 20.8 Å². The minimum absolute atomic E-state index is 0.113. The molecule has 0 aromatic heterocycles. The standard InChI is InChI=1S/C11H22O2/c1-11(2,3)7-6-9(12)10-5-4-8-13-10/h9-10,12H,4-8H2,1-3H3. The van der Waals surface area contributed by atoms with Crippen LogP contribution in [-0.4, -0.2) is 23.9 Å². The molecule has 1 aliphatic heterocycles. The molecule has 1 saturated heterocycles. The molecule has 1 N–H and O–H groups in total. The lowest BCUT2D eigenvalue weighted by Gasteiger charge is -2.23. The van der Waals surface area contributed by atoms with Crippen LogP contribution in [0.25, 0.3) is 0 Å². The van der Waals surface area contributed by atoms with E-state index in [2.05, 4.69) is 20.8 Å². The molecular formula is C11H22O2. The van der Waals surface area contributed by atoms with Gasteiger partial charge in [0.1, 0.15) is 0 Å². The fourth-order valence-electron chi connectivity index (χ4n) is 1.67. The number of aliphatic hydroxyl groups excluding tert-OH is 1. The first-order chi connectivity index (χ1) is 5.99. The first-order valence-corrected chi connectivity index (χ1v) is 5.29. The average molecular weight is 186 g/mol. The molecule has 0 spiro atoms. The molecular weight excluding hydrogens is 164 g/mol. The number of hydrogen-bond donors (Lipinski definition) is 1. The van der Waals surface area contributed by atoms with E-state index in [1.165, 1.54) is 0 Å². The summed E-state index contributed by atoms with van der Waals surface area (Å²) in [5.41, 5.74) is 0.319. The van der Waals surface area contributed by atoms with Gasteiger partial charge in [0, 0.05) is 6.61 Å². The van der Waals surface area contributed by atoms with Gasteiger partial charge in [-0.3, -0.25) is 0 Å². The lowest BCUT2D eigenvalue weighted by Crippen LogP contribution is -2.26. The molecule has 1 rings (SSSR count). The molecule has 13 heavy (non-hydrogen) atoms. The molecule has 0 aromatic rings. The van der Waals surface area contributed by atoms with Crippen LogP contribution in [0.3, 0.4) is 0 Å². The summed E-state index contributed by atoms with van der Waals surface area (Å²) in [7, 11) is 0. The van der Waals surface area contributed by atoms with Crippen molar-refractivity contribution < 1.29 is 9.84 Å². The summed E-state index contributed by atoms with van der Waals surface area (Å²) in [6.45, 7) is 7.44. The molecule has 0 aromatic carbocycles. The average Bonchev–Trinajstić information content (AvgIpc) is 2.50. The monoisotopic (exact) mass is 186 g/mol. The normalized spacial score (nSPS) is 26.3. The Morgan fingerprint density at radius 2 is 2.15 bits per heavy atom. The number of ether oxygens (including phenoxy) is 1. The maximum atomic E-state index is 9.79. The van der Waals surface area contributed by atoms with Crippen molar-refractivity contribution in [1.29, 1.82) is 0 Å². The van der Waals surface area contributed by atoms with E-state index >= 15 is 0 Å². The Morgan fingerprint density at radius 1 is 1.46 bits per heavy atom.